The second-order valence-electron chi connectivity index (χ2n) is 25.4. The van der Waals surface area contributed by atoms with Crippen molar-refractivity contribution < 1.29 is 10.0 Å². The van der Waals surface area contributed by atoms with E-state index in [0.717, 1.165) is 66.8 Å². The minimum absolute atomic E-state index is 0.165. The van der Waals surface area contributed by atoms with Crippen molar-refractivity contribution in [3.63, 3.8) is 0 Å². The highest BCUT2D eigenvalue weighted by atomic mass is 127. The number of benzene rings is 14. The molecule has 0 aliphatic heterocycles. The Bertz CT molecular complexity index is 5660. The van der Waals surface area contributed by atoms with Crippen molar-refractivity contribution in [3.8, 4) is 101 Å². The van der Waals surface area contributed by atoms with Crippen LogP contribution in [0.25, 0.3) is 101 Å². The Balaban J connectivity index is 0.000000155. The van der Waals surface area contributed by atoms with Crippen molar-refractivity contribution in [2.45, 2.75) is 10.8 Å². The molecule has 15 heteroatoms. The second-order valence-corrected chi connectivity index (χ2v) is 26.6. The van der Waals surface area contributed by atoms with E-state index in [4.69, 9.17) is 64.8 Å². The molecule has 2 radical (unpaired) electrons. The lowest BCUT2D eigenvalue weighted by Gasteiger charge is -2.33. The first kappa shape index (κ1) is 74.3. The normalized spacial score (nSPS) is 12.1. The third-order valence-electron chi connectivity index (χ3n) is 19.5. The molecule has 0 saturated carbocycles. The first-order valence-corrected chi connectivity index (χ1v) is 39.3. The van der Waals surface area contributed by atoms with E-state index in [1.807, 2.05) is 65.6 Å². The van der Waals surface area contributed by atoms with Gasteiger partial charge in [0.25, 0.3) is 0 Å². The molecule has 2 heterocycles. The lowest BCUT2D eigenvalue weighted by molar-refractivity contribution is 0.426. The summed E-state index contributed by atoms with van der Waals surface area (Å²) < 4.78 is 0. The third kappa shape index (κ3) is 14.9. The molecule has 18 rings (SSSR count). The van der Waals surface area contributed by atoms with Gasteiger partial charge in [0.2, 0.25) is 5.28 Å². The zero-order valence-corrected chi connectivity index (χ0v) is 64.8. The maximum absolute atomic E-state index is 8.63. The highest BCUT2D eigenvalue weighted by Gasteiger charge is 2.49. The second kappa shape index (κ2) is 34.2. The Kier molecular flexibility index (Phi) is 23.5. The van der Waals surface area contributed by atoms with Gasteiger partial charge in [-0.2, -0.15) is 32.3 Å². The van der Waals surface area contributed by atoms with E-state index in [1.54, 1.807) is 46.6 Å². The van der Waals surface area contributed by atoms with Crippen molar-refractivity contribution in [2.75, 3.05) is 4.93 Å². The minimum Gasteiger partial charge on any atom is -0.423 e. The van der Waals surface area contributed by atoms with Gasteiger partial charge in [-0.1, -0.05) is 373 Å². The summed E-state index contributed by atoms with van der Waals surface area (Å²) in [6.07, 6.45) is 0. The van der Waals surface area contributed by atoms with Crippen LogP contribution in [0.5, 0.6) is 0 Å². The largest absolute Gasteiger partial charge is 0.488 e. The molecule has 2 N–H and O–H groups in total. The van der Waals surface area contributed by atoms with Crippen LogP contribution in [0.2, 0.25) is 15.3 Å². The summed E-state index contributed by atoms with van der Waals surface area (Å²) in [4.78, 5) is 31.6. The number of nitrogens with zero attached hydrogens (tertiary/aromatic N) is 6. The Hall–Kier alpha value is -10.5. The average molecular weight is 1680 g/mol. The van der Waals surface area contributed by atoms with Crippen LogP contribution in [0.4, 0.5) is 0 Å². The summed E-state index contributed by atoms with van der Waals surface area (Å²) >= 11 is 22.3. The van der Waals surface area contributed by atoms with E-state index in [2.05, 4.69) is 317 Å². The molecular weight excluding hydrogens is 1610 g/mol. The number of hydrogen-bond acceptors (Lipinski definition) is 8. The monoisotopic (exact) mass is 1680 g/mol. The number of alkyl halides is 1. The van der Waals surface area contributed by atoms with E-state index >= 15 is 0 Å². The van der Waals surface area contributed by atoms with Gasteiger partial charge in [0.1, 0.15) is 0 Å². The van der Waals surface area contributed by atoms with Crippen LogP contribution in [0.15, 0.2) is 364 Å². The number of rotatable bonds is 12. The van der Waals surface area contributed by atoms with Crippen molar-refractivity contribution in [1.29, 1.82) is 0 Å². The van der Waals surface area contributed by atoms with Gasteiger partial charge in [-0.25, -0.2) is 19.9 Å². The topological polar surface area (TPSA) is 118 Å². The van der Waals surface area contributed by atoms with Crippen LogP contribution in [0.3, 0.4) is 0 Å². The molecule has 8 nitrogen and oxygen atoms in total. The predicted octanol–water partition coefficient (Wildman–Crippen LogP) is 23.0. The van der Waals surface area contributed by atoms with E-state index in [0.29, 0.717) is 44.6 Å². The number of hydrogen-bond donors (Lipinski definition) is 2. The Morgan fingerprint density at radius 3 is 0.870 bits per heavy atom. The third-order valence-corrected chi connectivity index (χ3v) is 20.1. The van der Waals surface area contributed by atoms with Gasteiger partial charge < -0.3 is 10.0 Å². The zero-order valence-electron chi connectivity index (χ0n) is 58.3. The molecule has 2 aliphatic rings. The Morgan fingerprint density at radius 2 is 0.509 bits per heavy atom. The number of fused-ring (bicyclic) bond motifs is 6. The molecule has 0 unspecified atom stereocenters. The smallest absolute Gasteiger partial charge is 0.423 e. The maximum atomic E-state index is 8.63. The molecule has 16 aromatic rings. The molecule has 0 saturated heterocycles. The van der Waals surface area contributed by atoms with Crippen molar-refractivity contribution in [2.24, 2.45) is 0 Å². The molecule has 0 fully saturated rings. The molecule has 0 spiro atoms. The van der Waals surface area contributed by atoms with Crippen LogP contribution in [0.1, 0.15) is 44.5 Å². The fourth-order valence-corrected chi connectivity index (χ4v) is 15.2. The van der Waals surface area contributed by atoms with Gasteiger partial charge in [0, 0.05) is 37.9 Å². The average Bonchev–Trinajstić information content (AvgIpc) is 1.54. The summed E-state index contributed by atoms with van der Waals surface area (Å²) in [6, 6.07) is 125. The number of halogens is 5. The predicted molar refractivity (Wildman–Crippen MR) is 463 cm³/mol. The molecule has 14 aromatic carbocycles. The summed E-state index contributed by atoms with van der Waals surface area (Å²) in [7, 11) is -1.41. The minimum atomic E-state index is -1.41. The van der Waals surface area contributed by atoms with E-state index in [-0.39, 0.29) is 5.28 Å². The van der Waals surface area contributed by atoms with Crippen LogP contribution in [0, 0.1) is 0 Å². The maximum Gasteiger partial charge on any atom is 0.488 e. The zero-order chi connectivity index (χ0) is 74.6. The van der Waals surface area contributed by atoms with Crippen LogP contribution >= 0.6 is 79.8 Å². The molecular formula is C93H65B2Cl3I2N6O2. The molecule has 0 amide bonds. The standard InChI is InChI=1S/C46H30ClN3.C40H26ClN3.C6H6BClO2.CH3I.BI/c47-37-29-27-34(28-30-37)44-48-43(33-25-23-32(24-26-33)31-13-4-1-5-14-31)49-45(50-44)39-20-12-22-41-42(39)38-19-10-11-21-40(38)46(41,35-15-6-2-7-16-35)36-17-8-3-9-18-36;41-39-43-37(29-25-23-28(24-26-29)27-13-4-1-5-14-27)42-38(44-39)33-20-12-22-35-36(33)32-19-10-11-21-34(32)40(35,30-15-6-2-7-16-30)31-17-8-3-9-18-31;8-6-3-1-5(2-4-6)7(9)10;2*1-2/h1-30H;1-26H;1-4,9-10H;1H3;. The molecule has 2 aliphatic carbocycles. The first-order valence-electron chi connectivity index (χ1n) is 34.8. The van der Waals surface area contributed by atoms with Crippen molar-refractivity contribution in [3.05, 3.63) is 424 Å². The fourth-order valence-electron chi connectivity index (χ4n) is 14.8. The lowest BCUT2D eigenvalue weighted by atomic mass is 9.67. The molecule has 108 heavy (non-hydrogen) atoms. The molecule has 0 bridgehead atoms. The quantitative estimate of drug-likeness (QED) is 0.0706. The molecule has 520 valence electrons. The SMILES string of the molecule is CI.Clc1ccc(-c2nc(-c3ccc(-c4ccccc4)cc3)nc(-c3cccc4c3-c3ccccc3C4(c3ccccc3)c3ccccc3)n2)cc1.Clc1nc(-c2ccc(-c3ccccc3)cc2)nc(-c2cccc3c2-c2ccccc2C3(c2ccccc2)c2ccccc2)n1.OB(O)c1ccc(Cl)cc1.[B]I. The van der Waals surface area contributed by atoms with Gasteiger partial charge in [-0.05, 0) is 147 Å². The van der Waals surface area contributed by atoms with Crippen molar-refractivity contribution in [1.82, 2.24) is 29.9 Å². The van der Waals surface area contributed by atoms with Crippen LogP contribution in [-0.2, 0) is 10.8 Å². The lowest BCUT2D eigenvalue weighted by Crippen LogP contribution is -2.29. The van der Waals surface area contributed by atoms with Gasteiger partial charge >= 0.3 is 7.12 Å². The van der Waals surface area contributed by atoms with Gasteiger partial charge in [-0.15, -0.1) is 0 Å². The van der Waals surface area contributed by atoms with E-state index < -0.39 is 17.9 Å². The van der Waals surface area contributed by atoms with Gasteiger partial charge in [0.15, 0.2) is 34.8 Å². The van der Waals surface area contributed by atoms with Crippen molar-refractivity contribution >= 4 is 98.1 Å². The van der Waals surface area contributed by atoms with Crippen LogP contribution < -0.4 is 5.46 Å². The molecule has 0 atom stereocenters. The highest BCUT2D eigenvalue weighted by molar-refractivity contribution is 14.1. The van der Waals surface area contributed by atoms with Gasteiger partial charge in [-0.3, -0.25) is 0 Å². The van der Waals surface area contributed by atoms with Crippen LogP contribution in [-0.4, -0.2) is 57.7 Å². The summed E-state index contributed by atoms with van der Waals surface area (Å²) in [6.45, 7) is 0. The van der Waals surface area contributed by atoms with Gasteiger partial charge in [0.05, 0.1) is 10.8 Å². The Labute approximate surface area is 673 Å². The highest BCUT2D eigenvalue weighted by Crippen LogP contribution is 2.60. The summed E-state index contributed by atoms with van der Waals surface area (Å²) in [5, 5.41) is 18.7. The summed E-state index contributed by atoms with van der Waals surface area (Å²) in [5.41, 5.74) is 27.3. The van der Waals surface area contributed by atoms with E-state index in [9.17, 15) is 0 Å². The molecule has 2 aromatic heterocycles. The summed E-state index contributed by atoms with van der Waals surface area (Å²) in [5.74, 6) is 2.92. The number of aromatic nitrogens is 6. The first-order chi connectivity index (χ1) is 53.1. The fraction of sp³-hybridized carbons (Fsp3) is 0.0323. The Morgan fingerprint density at radius 1 is 0.259 bits per heavy atom. The van der Waals surface area contributed by atoms with E-state index in [1.165, 1.54) is 50.1 Å².